The first-order valence-electron chi connectivity index (χ1n) is 10.2. The minimum absolute atomic E-state index is 0.173. The number of hydrogen-bond acceptors (Lipinski definition) is 4. The molecular formula is C23H26N4O2. The van der Waals surface area contributed by atoms with Gasteiger partial charge in [0.15, 0.2) is 5.82 Å². The fourth-order valence-corrected chi connectivity index (χ4v) is 3.93. The molecule has 2 N–H and O–H groups in total. The Kier molecular flexibility index (Phi) is 5.89. The standard InChI is InChI=1S/C23H26N4O2/c28-21(11-10-17-6-2-1-3-7-17)27-14-12-18(13-15-27)16-24-22-19-8-4-5-9-20(19)23(29)26-25-22/h1-9,18H,10-16H2,(H,24,25)(H,26,29). The van der Waals surface area contributed by atoms with Crippen LogP contribution in [0, 0.1) is 5.92 Å². The van der Waals surface area contributed by atoms with Gasteiger partial charge >= 0.3 is 0 Å². The van der Waals surface area contributed by atoms with Crippen molar-refractivity contribution in [2.45, 2.75) is 25.7 Å². The summed E-state index contributed by atoms with van der Waals surface area (Å²) < 4.78 is 0. The van der Waals surface area contributed by atoms with E-state index in [0.717, 1.165) is 44.3 Å². The van der Waals surface area contributed by atoms with E-state index in [2.05, 4.69) is 27.6 Å². The number of nitrogens with one attached hydrogen (secondary N) is 2. The number of benzene rings is 2. The van der Waals surface area contributed by atoms with Crippen LogP contribution in [0.4, 0.5) is 5.82 Å². The molecular weight excluding hydrogens is 364 g/mol. The third-order valence-corrected chi connectivity index (χ3v) is 5.69. The lowest BCUT2D eigenvalue weighted by Crippen LogP contribution is -2.40. The summed E-state index contributed by atoms with van der Waals surface area (Å²) in [5.41, 5.74) is 1.04. The number of fused-ring (bicyclic) bond motifs is 1. The Bertz CT molecular complexity index is 1020. The van der Waals surface area contributed by atoms with Crippen molar-refractivity contribution in [2.75, 3.05) is 25.0 Å². The molecule has 150 valence electrons. The molecule has 3 aromatic rings. The number of hydrogen-bond donors (Lipinski definition) is 2. The molecule has 1 fully saturated rings. The lowest BCUT2D eigenvalue weighted by atomic mass is 9.96. The number of likely N-dealkylation sites (tertiary alicyclic amines) is 1. The number of amides is 1. The predicted octanol–water partition coefficient (Wildman–Crippen LogP) is 3.21. The second-order valence-electron chi connectivity index (χ2n) is 7.64. The van der Waals surface area contributed by atoms with E-state index in [-0.39, 0.29) is 11.5 Å². The van der Waals surface area contributed by atoms with E-state index in [9.17, 15) is 9.59 Å². The SMILES string of the molecule is O=C(CCc1ccccc1)N1CCC(CNc2n[nH]c(=O)c3ccccc23)CC1. The molecule has 0 saturated carbocycles. The molecule has 0 atom stereocenters. The number of aromatic amines is 1. The molecule has 4 rings (SSSR count). The van der Waals surface area contributed by atoms with Gasteiger partial charge < -0.3 is 10.2 Å². The van der Waals surface area contributed by atoms with Gasteiger partial charge in [-0.15, -0.1) is 0 Å². The highest BCUT2D eigenvalue weighted by Crippen LogP contribution is 2.21. The van der Waals surface area contributed by atoms with E-state index in [4.69, 9.17) is 0 Å². The topological polar surface area (TPSA) is 78.1 Å². The first-order valence-corrected chi connectivity index (χ1v) is 10.2. The maximum atomic E-state index is 12.5. The van der Waals surface area contributed by atoms with Gasteiger partial charge in [-0.1, -0.05) is 48.5 Å². The van der Waals surface area contributed by atoms with Crippen LogP contribution in [0.5, 0.6) is 0 Å². The minimum Gasteiger partial charge on any atom is -0.368 e. The maximum absolute atomic E-state index is 12.5. The Morgan fingerprint density at radius 3 is 2.48 bits per heavy atom. The van der Waals surface area contributed by atoms with Crippen molar-refractivity contribution in [1.29, 1.82) is 0 Å². The summed E-state index contributed by atoms with van der Waals surface area (Å²) in [6, 6.07) is 17.6. The Balaban J connectivity index is 1.27. The molecule has 2 heterocycles. The van der Waals surface area contributed by atoms with Gasteiger partial charge in [-0.2, -0.15) is 5.10 Å². The summed E-state index contributed by atoms with van der Waals surface area (Å²) in [6.07, 6.45) is 3.32. The van der Waals surface area contributed by atoms with Crippen LogP contribution in [0.3, 0.4) is 0 Å². The fraction of sp³-hybridized carbons (Fsp3) is 0.348. The van der Waals surface area contributed by atoms with Crippen molar-refractivity contribution in [3.8, 4) is 0 Å². The minimum atomic E-state index is -0.173. The van der Waals surface area contributed by atoms with Crippen LogP contribution < -0.4 is 10.9 Å². The second-order valence-corrected chi connectivity index (χ2v) is 7.64. The lowest BCUT2D eigenvalue weighted by Gasteiger charge is -2.32. The molecule has 0 spiro atoms. The summed E-state index contributed by atoms with van der Waals surface area (Å²) in [7, 11) is 0. The zero-order valence-corrected chi connectivity index (χ0v) is 16.4. The maximum Gasteiger partial charge on any atom is 0.272 e. The highest BCUT2D eigenvalue weighted by molar-refractivity contribution is 5.90. The van der Waals surface area contributed by atoms with Crippen molar-refractivity contribution in [3.05, 3.63) is 70.5 Å². The second kappa shape index (κ2) is 8.90. The summed E-state index contributed by atoms with van der Waals surface area (Å²) in [6.45, 7) is 2.40. The molecule has 29 heavy (non-hydrogen) atoms. The van der Waals surface area contributed by atoms with Crippen LogP contribution in [0.2, 0.25) is 0 Å². The van der Waals surface area contributed by atoms with Crippen LogP contribution in [-0.2, 0) is 11.2 Å². The van der Waals surface area contributed by atoms with E-state index < -0.39 is 0 Å². The summed E-state index contributed by atoms with van der Waals surface area (Å²) in [5.74, 6) is 1.44. The van der Waals surface area contributed by atoms with Crippen molar-refractivity contribution in [1.82, 2.24) is 15.1 Å². The van der Waals surface area contributed by atoms with Crippen molar-refractivity contribution < 1.29 is 4.79 Å². The van der Waals surface area contributed by atoms with Gasteiger partial charge in [-0.25, -0.2) is 5.10 Å². The number of aryl methyl sites for hydroxylation is 1. The zero-order valence-electron chi connectivity index (χ0n) is 16.4. The number of rotatable bonds is 6. The third-order valence-electron chi connectivity index (χ3n) is 5.69. The first-order chi connectivity index (χ1) is 14.2. The Morgan fingerprint density at radius 2 is 1.72 bits per heavy atom. The summed E-state index contributed by atoms with van der Waals surface area (Å²) >= 11 is 0. The Labute approximate surface area is 169 Å². The lowest BCUT2D eigenvalue weighted by molar-refractivity contribution is -0.132. The smallest absolute Gasteiger partial charge is 0.272 e. The average molecular weight is 390 g/mol. The average Bonchev–Trinajstić information content (AvgIpc) is 2.78. The molecule has 1 aromatic heterocycles. The van der Waals surface area contributed by atoms with Crippen LogP contribution in [0.15, 0.2) is 59.4 Å². The summed E-state index contributed by atoms with van der Waals surface area (Å²) in [5, 5.41) is 11.6. The monoisotopic (exact) mass is 390 g/mol. The number of aromatic nitrogens is 2. The van der Waals surface area contributed by atoms with E-state index in [1.807, 2.05) is 41.3 Å². The van der Waals surface area contributed by atoms with Crippen molar-refractivity contribution in [2.24, 2.45) is 5.92 Å². The van der Waals surface area contributed by atoms with Gasteiger partial charge in [-0.3, -0.25) is 9.59 Å². The number of carbonyl (C=O) groups excluding carboxylic acids is 1. The van der Waals surface area contributed by atoms with Crippen LogP contribution >= 0.6 is 0 Å². The molecule has 1 aliphatic heterocycles. The normalized spacial score (nSPS) is 14.8. The molecule has 0 radical (unpaired) electrons. The third kappa shape index (κ3) is 4.65. The number of H-pyrrole nitrogens is 1. The quantitative estimate of drug-likeness (QED) is 0.678. The van der Waals surface area contributed by atoms with E-state index >= 15 is 0 Å². The molecule has 1 saturated heterocycles. The van der Waals surface area contributed by atoms with Crippen LogP contribution in [0.1, 0.15) is 24.8 Å². The van der Waals surface area contributed by atoms with Gasteiger partial charge in [0, 0.05) is 31.4 Å². The number of piperidine rings is 1. The van der Waals surface area contributed by atoms with Gasteiger partial charge in [0.1, 0.15) is 0 Å². The van der Waals surface area contributed by atoms with Gasteiger partial charge in [0.05, 0.1) is 5.39 Å². The fourth-order valence-electron chi connectivity index (χ4n) is 3.93. The molecule has 2 aromatic carbocycles. The van der Waals surface area contributed by atoms with E-state index in [0.29, 0.717) is 23.5 Å². The molecule has 0 aliphatic carbocycles. The Morgan fingerprint density at radius 1 is 1.03 bits per heavy atom. The highest BCUT2D eigenvalue weighted by Gasteiger charge is 2.22. The van der Waals surface area contributed by atoms with Gasteiger partial charge in [0.25, 0.3) is 5.56 Å². The van der Waals surface area contributed by atoms with Crippen LogP contribution in [-0.4, -0.2) is 40.6 Å². The molecule has 6 heteroatoms. The van der Waals surface area contributed by atoms with Crippen molar-refractivity contribution >= 4 is 22.5 Å². The molecule has 6 nitrogen and oxygen atoms in total. The summed E-state index contributed by atoms with van der Waals surface area (Å²) in [4.78, 5) is 26.4. The predicted molar refractivity (Wildman–Crippen MR) is 115 cm³/mol. The molecule has 1 amide bonds. The molecule has 1 aliphatic rings. The van der Waals surface area contributed by atoms with Crippen molar-refractivity contribution in [3.63, 3.8) is 0 Å². The van der Waals surface area contributed by atoms with Gasteiger partial charge in [0.2, 0.25) is 5.91 Å². The van der Waals surface area contributed by atoms with Gasteiger partial charge in [-0.05, 0) is 36.8 Å². The zero-order chi connectivity index (χ0) is 20.1. The molecule has 0 unspecified atom stereocenters. The van der Waals surface area contributed by atoms with E-state index in [1.165, 1.54) is 5.56 Å². The Hall–Kier alpha value is -3.15. The largest absolute Gasteiger partial charge is 0.368 e. The number of nitrogens with zero attached hydrogens (tertiary/aromatic N) is 2. The molecule has 0 bridgehead atoms. The number of carbonyl (C=O) groups is 1. The van der Waals surface area contributed by atoms with Crippen LogP contribution in [0.25, 0.3) is 10.8 Å². The first kappa shape index (κ1) is 19.2. The number of anilines is 1. The highest BCUT2D eigenvalue weighted by atomic mass is 16.2. The van der Waals surface area contributed by atoms with E-state index in [1.54, 1.807) is 6.07 Å².